The molecule has 27 heavy (non-hydrogen) atoms. The zero-order valence-corrected chi connectivity index (χ0v) is 16.6. The Morgan fingerprint density at radius 2 is 1.85 bits per heavy atom. The van der Waals surface area contributed by atoms with E-state index in [1.54, 1.807) is 28.9 Å². The minimum absolute atomic E-state index is 0.113. The number of benzene rings is 2. The zero-order valence-electron chi connectivity index (χ0n) is 15.1. The summed E-state index contributed by atoms with van der Waals surface area (Å²) in [4.78, 5) is 15.3. The molecule has 2 N–H and O–H groups in total. The van der Waals surface area contributed by atoms with E-state index in [2.05, 4.69) is 11.9 Å². The molecule has 0 aliphatic carbocycles. The van der Waals surface area contributed by atoms with E-state index in [0.29, 0.717) is 27.1 Å². The Kier molecular flexibility index (Phi) is 4.89. The van der Waals surface area contributed by atoms with Crippen molar-refractivity contribution in [3.05, 3.63) is 69.3 Å². The van der Waals surface area contributed by atoms with Crippen LogP contribution >= 0.6 is 23.2 Å². The molecule has 0 saturated carbocycles. The molecule has 0 radical (unpaired) electrons. The number of nitrogen functional groups attached to an aromatic ring is 1. The van der Waals surface area contributed by atoms with Gasteiger partial charge in [-0.3, -0.25) is 9.47 Å². The van der Waals surface area contributed by atoms with Crippen LogP contribution in [0.3, 0.4) is 0 Å². The summed E-state index contributed by atoms with van der Waals surface area (Å²) >= 11 is 12.2. The van der Waals surface area contributed by atoms with Gasteiger partial charge in [-0.25, -0.2) is 0 Å². The maximum atomic E-state index is 13.0. The van der Waals surface area contributed by atoms with Crippen molar-refractivity contribution in [2.75, 3.05) is 26.0 Å². The third-order valence-electron chi connectivity index (χ3n) is 5.46. The highest BCUT2D eigenvalue weighted by molar-refractivity contribution is 6.37. The first-order valence-electron chi connectivity index (χ1n) is 9.02. The fourth-order valence-corrected chi connectivity index (χ4v) is 4.39. The number of nitrogens with two attached hydrogens (primary N) is 1. The van der Waals surface area contributed by atoms with Crippen molar-refractivity contribution in [1.29, 1.82) is 0 Å². The maximum Gasteiger partial charge on any atom is 0.194 e. The molecule has 1 aliphatic rings. The summed E-state index contributed by atoms with van der Waals surface area (Å²) < 4.78 is 1.66. The Bertz CT molecular complexity index is 1020. The first kappa shape index (κ1) is 18.4. The van der Waals surface area contributed by atoms with E-state index in [0.717, 1.165) is 36.8 Å². The molecule has 1 fully saturated rings. The van der Waals surface area contributed by atoms with Gasteiger partial charge in [0.2, 0.25) is 0 Å². The molecule has 4 rings (SSSR count). The number of halogens is 2. The van der Waals surface area contributed by atoms with Crippen LogP contribution in [0.15, 0.2) is 42.6 Å². The van der Waals surface area contributed by atoms with Gasteiger partial charge in [-0.2, -0.15) is 0 Å². The monoisotopic (exact) mass is 401 g/mol. The number of hydrogen-bond acceptors (Lipinski definition) is 3. The molecule has 1 saturated heterocycles. The van der Waals surface area contributed by atoms with Crippen molar-refractivity contribution < 1.29 is 4.79 Å². The van der Waals surface area contributed by atoms with Gasteiger partial charge in [0, 0.05) is 27.7 Å². The lowest BCUT2D eigenvalue weighted by Crippen LogP contribution is -2.29. The van der Waals surface area contributed by atoms with Gasteiger partial charge in [0.1, 0.15) is 0 Å². The van der Waals surface area contributed by atoms with Crippen LogP contribution in [0.25, 0.3) is 10.9 Å². The lowest BCUT2D eigenvalue weighted by Gasteiger charge is -2.28. The van der Waals surface area contributed by atoms with E-state index in [1.165, 1.54) is 5.56 Å². The Hall–Kier alpha value is -2.01. The normalized spacial score (nSPS) is 16.1. The number of piperidine rings is 1. The van der Waals surface area contributed by atoms with Gasteiger partial charge < -0.3 is 10.7 Å². The molecule has 0 bridgehead atoms. The summed E-state index contributed by atoms with van der Waals surface area (Å²) in [5, 5.41) is 1.92. The van der Waals surface area contributed by atoms with Crippen molar-refractivity contribution in [1.82, 2.24) is 9.58 Å². The van der Waals surface area contributed by atoms with Gasteiger partial charge in [-0.1, -0.05) is 23.2 Å². The van der Waals surface area contributed by atoms with Crippen LogP contribution in [0.5, 0.6) is 0 Å². The molecular weight excluding hydrogens is 381 g/mol. The van der Waals surface area contributed by atoms with E-state index < -0.39 is 0 Å². The van der Waals surface area contributed by atoms with Crippen molar-refractivity contribution >= 4 is 39.9 Å². The molecule has 0 unspecified atom stereocenters. The van der Waals surface area contributed by atoms with Gasteiger partial charge in [-0.05, 0) is 80.9 Å². The topological polar surface area (TPSA) is 51.3 Å². The molecule has 2 heterocycles. The quantitative estimate of drug-likeness (QED) is 0.510. The Morgan fingerprint density at radius 1 is 1.11 bits per heavy atom. The van der Waals surface area contributed by atoms with Crippen molar-refractivity contribution in [3.8, 4) is 0 Å². The number of hydrogen-bond donors (Lipinski definition) is 1. The Balaban J connectivity index is 1.75. The van der Waals surface area contributed by atoms with Gasteiger partial charge in [0.25, 0.3) is 0 Å². The number of likely N-dealkylation sites (tertiary alicyclic amines) is 1. The van der Waals surface area contributed by atoms with Crippen LogP contribution in [0.1, 0.15) is 40.2 Å². The SMILES string of the molecule is CN1CCC(c2cn(N)c3ccc(C(=O)c4ccc(Cl)cc4Cl)cc23)CC1. The van der Waals surface area contributed by atoms with Gasteiger partial charge >= 0.3 is 0 Å². The van der Waals surface area contributed by atoms with Gasteiger partial charge in [0.15, 0.2) is 5.78 Å². The number of nitrogens with zero attached hydrogens (tertiary/aromatic N) is 2. The van der Waals surface area contributed by atoms with E-state index in [4.69, 9.17) is 29.0 Å². The number of carbonyl (C=O) groups is 1. The minimum Gasteiger partial charge on any atom is -0.339 e. The highest BCUT2D eigenvalue weighted by atomic mass is 35.5. The number of fused-ring (bicyclic) bond motifs is 1. The van der Waals surface area contributed by atoms with Crippen LogP contribution in [-0.2, 0) is 0 Å². The molecule has 3 aromatic rings. The van der Waals surface area contributed by atoms with E-state index >= 15 is 0 Å². The highest BCUT2D eigenvalue weighted by Crippen LogP contribution is 2.34. The van der Waals surface area contributed by atoms with Crippen molar-refractivity contribution in [2.45, 2.75) is 18.8 Å². The molecule has 4 nitrogen and oxygen atoms in total. The van der Waals surface area contributed by atoms with Crippen molar-refractivity contribution in [3.63, 3.8) is 0 Å². The highest BCUT2D eigenvalue weighted by Gasteiger charge is 2.23. The predicted molar refractivity (Wildman–Crippen MR) is 111 cm³/mol. The largest absolute Gasteiger partial charge is 0.339 e. The van der Waals surface area contributed by atoms with Crippen LogP contribution in [0, 0.1) is 0 Å². The fraction of sp³-hybridized carbons (Fsp3) is 0.286. The number of aromatic nitrogens is 1. The van der Waals surface area contributed by atoms with Gasteiger partial charge in [-0.15, -0.1) is 0 Å². The summed E-state index contributed by atoms with van der Waals surface area (Å²) in [6, 6.07) is 10.6. The third kappa shape index (κ3) is 3.45. The third-order valence-corrected chi connectivity index (χ3v) is 6.01. The number of ketones is 1. The van der Waals surface area contributed by atoms with Crippen molar-refractivity contribution in [2.24, 2.45) is 0 Å². The zero-order chi connectivity index (χ0) is 19.1. The van der Waals surface area contributed by atoms with Crippen LogP contribution in [0.4, 0.5) is 0 Å². The summed E-state index contributed by atoms with van der Waals surface area (Å²) in [6.07, 6.45) is 4.19. The second-order valence-corrected chi connectivity index (χ2v) is 8.10. The lowest BCUT2D eigenvalue weighted by molar-refractivity contribution is 0.103. The molecular formula is C21H21Cl2N3O. The van der Waals surface area contributed by atoms with E-state index in [-0.39, 0.29) is 5.78 Å². The molecule has 1 aliphatic heterocycles. The average Bonchev–Trinajstić information content (AvgIpc) is 2.98. The number of rotatable bonds is 3. The number of carbonyl (C=O) groups excluding carboxylic acids is 1. The van der Waals surface area contributed by atoms with Crippen LogP contribution in [-0.4, -0.2) is 35.5 Å². The molecule has 0 spiro atoms. The smallest absolute Gasteiger partial charge is 0.194 e. The molecule has 0 amide bonds. The second kappa shape index (κ2) is 7.19. The molecule has 6 heteroatoms. The Labute approximate surface area is 168 Å². The van der Waals surface area contributed by atoms with Crippen LogP contribution in [0.2, 0.25) is 10.0 Å². The van der Waals surface area contributed by atoms with Crippen LogP contribution < -0.4 is 5.84 Å². The molecule has 0 atom stereocenters. The summed E-state index contributed by atoms with van der Waals surface area (Å²) in [5.41, 5.74) is 3.21. The molecule has 2 aromatic carbocycles. The standard InChI is InChI=1S/C21H21Cl2N3O/c1-25-8-6-13(7-9-25)18-12-26(24)20-5-2-14(10-17(18)20)21(27)16-4-3-15(22)11-19(16)23/h2-5,10-13H,6-9,24H2,1H3. The maximum absolute atomic E-state index is 13.0. The second-order valence-electron chi connectivity index (χ2n) is 7.25. The van der Waals surface area contributed by atoms with Gasteiger partial charge in [0.05, 0.1) is 10.5 Å². The Morgan fingerprint density at radius 3 is 2.56 bits per heavy atom. The summed E-state index contributed by atoms with van der Waals surface area (Å²) in [6.45, 7) is 2.14. The first-order valence-corrected chi connectivity index (χ1v) is 9.78. The summed E-state index contributed by atoms with van der Waals surface area (Å²) in [7, 11) is 2.15. The fourth-order valence-electron chi connectivity index (χ4n) is 3.90. The average molecular weight is 402 g/mol. The summed E-state index contributed by atoms with van der Waals surface area (Å²) in [5.74, 6) is 6.52. The van der Waals surface area contributed by atoms with E-state index in [9.17, 15) is 4.79 Å². The lowest BCUT2D eigenvalue weighted by atomic mass is 9.88. The molecule has 140 valence electrons. The minimum atomic E-state index is -0.113. The molecule has 1 aromatic heterocycles. The predicted octanol–water partition coefficient (Wildman–Crippen LogP) is 4.70. The van der Waals surface area contributed by atoms with E-state index in [1.807, 2.05) is 18.3 Å². The first-order chi connectivity index (χ1) is 12.9.